The van der Waals surface area contributed by atoms with Gasteiger partial charge in [0.15, 0.2) is 0 Å². The first kappa shape index (κ1) is 20.4. The SMILES string of the molecule is CON(Cc1ccc(-c2noc(C(F)(F)F)n2)cc1)C(=O)C(=O)NC(C)C. The lowest BCUT2D eigenvalue weighted by molar-refractivity contribution is -0.182. The maximum Gasteiger partial charge on any atom is 0.471 e. The molecule has 2 aromatic rings. The first-order valence-electron chi connectivity index (χ1n) is 7.78. The Bertz CT molecular complexity index is 803. The predicted octanol–water partition coefficient (Wildman–Crippen LogP) is 2.17. The summed E-state index contributed by atoms with van der Waals surface area (Å²) in [4.78, 5) is 32.0. The Morgan fingerprint density at radius 1 is 1.26 bits per heavy atom. The number of hydrogen-bond donors (Lipinski definition) is 1. The van der Waals surface area contributed by atoms with Gasteiger partial charge >= 0.3 is 23.9 Å². The lowest BCUT2D eigenvalue weighted by atomic mass is 10.1. The van der Waals surface area contributed by atoms with Crippen LogP contribution in [0.25, 0.3) is 11.4 Å². The van der Waals surface area contributed by atoms with Crippen LogP contribution in [0.15, 0.2) is 28.8 Å². The summed E-state index contributed by atoms with van der Waals surface area (Å²) in [6, 6.07) is 5.80. The van der Waals surface area contributed by atoms with Crippen LogP contribution < -0.4 is 5.32 Å². The average molecular weight is 386 g/mol. The minimum atomic E-state index is -4.72. The van der Waals surface area contributed by atoms with E-state index in [0.717, 1.165) is 5.06 Å². The molecule has 0 saturated heterocycles. The highest BCUT2D eigenvalue weighted by Gasteiger charge is 2.38. The first-order valence-corrected chi connectivity index (χ1v) is 7.78. The number of hydrogen-bond acceptors (Lipinski definition) is 6. The first-order chi connectivity index (χ1) is 12.6. The Morgan fingerprint density at radius 3 is 2.37 bits per heavy atom. The largest absolute Gasteiger partial charge is 0.471 e. The number of rotatable bonds is 5. The summed E-state index contributed by atoms with van der Waals surface area (Å²) in [6.45, 7) is 3.38. The summed E-state index contributed by atoms with van der Waals surface area (Å²) in [5.41, 5.74) is 0.872. The Kier molecular flexibility index (Phi) is 6.16. The van der Waals surface area contributed by atoms with Gasteiger partial charge in [0.2, 0.25) is 5.82 Å². The van der Waals surface area contributed by atoms with Crippen LogP contribution in [-0.2, 0) is 27.1 Å². The summed E-state index contributed by atoms with van der Waals surface area (Å²) in [6.07, 6.45) is -4.72. The maximum atomic E-state index is 12.5. The molecule has 0 fully saturated rings. The highest BCUT2D eigenvalue weighted by atomic mass is 19.4. The van der Waals surface area contributed by atoms with Crippen molar-refractivity contribution in [2.24, 2.45) is 0 Å². The van der Waals surface area contributed by atoms with Crippen molar-refractivity contribution in [3.8, 4) is 11.4 Å². The molecule has 0 aliphatic carbocycles. The van der Waals surface area contributed by atoms with Gasteiger partial charge < -0.3 is 9.84 Å². The number of nitrogens with one attached hydrogen (secondary N) is 1. The minimum Gasteiger partial charge on any atom is -0.346 e. The average Bonchev–Trinajstić information content (AvgIpc) is 3.09. The zero-order chi connectivity index (χ0) is 20.2. The summed E-state index contributed by atoms with van der Waals surface area (Å²) >= 11 is 0. The zero-order valence-corrected chi connectivity index (χ0v) is 14.7. The van der Waals surface area contributed by atoms with E-state index in [1.54, 1.807) is 26.0 Å². The third kappa shape index (κ3) is 5.26. The molecule has 0 bridgehead atoms. The number of halogens is 3. The van der Waals surface area contributed by atoms with E-state index < -0.39 is 23.9 Å². The molecule has 0 spiro atoms. The summed E-state index contributed by atoms with van der Waals surface area (Å²) < 4.78 is 41.7. The van der Waals surface area contributed by atoms with Crippen molar-refractivity contribution in [2.45, 2.75) is 32.6 Å². The van der Waals surface area contributed by atoms with Gasteiger partial charge in [0.1, 0.15) is 0 Å². The third-order valence-electron chi connectivity index (χ3n) is 3.27. The Hall–Kier alpha value is -2.95. The predicted molar refractivity (Wildman–Crippen MR) is 85.6 cm³/mol. The van der Waals surface area contributed by atoms with Gasteiger partial charge in [-0.05, 0) is 19.4 Å². The van der Waals surface area contributed by atoms with Gasteiger partial charge in [-0.25, -0.2) is 5.06 Å². The second-order valence-corrected chi connectivity index (χ2v) is 5.77. The normalized spacial score (nSPS) is 11.5. The van der Waals surface area contributed by atoms with E-state index in [1.807, 2.05) is 0 Å². The van der Waals surface area contributed by atoms with Crippen molar-refractivity contribution in [1.82, 2.24) is 20.5 Å². The van der Waals surface area contributed by atoms with Crippen molar-refractivity contribution >= 4 is 11.8 Å². The van der Waals surface area contributed by atoms with Gasteiger partial charge in [-0.15, -0.1) is 0 Å². The molecule has 11 heteroatoms. The van der Waals surface area contributed by atoms with E-state index in [0.29, 0.717) is 11.1 Å². The summed E-state index contributed by atoms with van der Waals surface area (Å²) in [5, 5.41) is 6.61. The quantitative estimate of drug-likeness (QED) is 0.625. The number of benzene rings is 1. The maximum absolute atomic E-state index is 12.5. The van der Waals surface area contributed by atoms with Crippen molar-refractivity contribution in [2.75, 3.05) is 7.11 Å². The summed E-state index contributed by atoms with van der Waals surface area (Å²) in [7, 11) is 1.24. The number of hydroxylamine groups is 2. The van der Waals surface area contributed by atoms with E-state index in [1.165, 1.54) is 19.2 Å². The molecule has 0 unspecified atom stereocenters. The van der Waals surface area contributed by atoms with Gasteiger partial charge in [0, 0.05) is 11.6 Å². The molecule has 1 aromatic carbocycles. The van der Waals surface area contributed by atoms with Gasteiger partial charge in [-0.1, -0.05) is 29.4 Å². The molecule has 1 N–H and O–H groups in total. The molecule has 1 aromatic heterocycles. The highest BCUT2D eigenvalue weighted by molar-refractivity contribution is 6.34. The monoisotopic (exact) mass is 386 g/mol. The molecule has 2 amide bonds. The van der Waals surface area contributed by atoms with Crippen LogP contribution in [0.2, 0.25) is 0 Å². The molecule has 0 aliphatic heterocycles. The van der Waals surface area contributed by atoms with Crippen molar-refractivity contribution < 1.29 is 32.1 Å². The molecule has 27 heavy (non-hydrogen) atoms. The minimum absolute atomic E-state index is 0.0405. The number of nitrogens with zero attached hydrogens (tertiary/aromatic N) is 3. The van der Waals surface area contributed by atoms with Gasteiger partial charge in [0.05, 0.1) is 13.7 Å². The van der Waals surface area contributed by atoms with E-state index in [-0.39, 0.29) is 18.4 Å². The highest BCUT2D eigenvalue weighted by Crippen LogP contribution is 2.29. The Labute approximate surface area is 152 Å². The second-order valence-electron chi connectivity index (χ2n) is 5.77. The number of alkyl halides is 3. The zero-order valence-electron chi connectivity index (χ0n) is 14.7. The van der Waals surface area contributed by atoms with Gasteiger partial charge in [-0.3, -0.25) is 14.4 Å². The Balaban J connectivity index is 2.09. The van der Waals surface area contributed by atoms with E-state index in [4.69, 9.17) is 4.84 Å². The molecule has 0 atom stereocenters. The van der Waals surface area contributed by atoms with Gasteiger partial charge in [0.25, 0.3) is 0 Å². The van der Waals surface area contributed by atoms with Crippen LogP contribution in [0.1, 0.15) is 25.3 Å². The van der Waals surface area contributed by atoms with Crippen LogP contribution in [0.4, 0.5) is 13.2 Å². The van der Waals surface area contributed by atoms with Crippen LogP contribution in [0, 0.1) is 0 Å². The number of amides is 2. The molecule has 0 saturated carbocycles. The third-order valence-corrected chi connectivity index (χ3v) is 3.27. The lowest BCUT2D eigenvalue weighted by Gasteiger charge is -2.20. The summed E-state index contributed by atoms with van der Waals surface area (Å²) in [5.74, 6) is -3.34. The van der Waals surface area contributed by atoms with Crippen LogP contribution in [0.5, 0.6) is 0 Å². The van der Waals surface area contributed by atoms with Crippen LogP contribution in [0.3, 0.4) is 0 Å². The van der Waals surface area contributed by atoms with Gasteiger partial charge in [-0.2, -0.15) is 18.2 Å². The molecular weight excluding hydrogens is 369 g/mol. The number of aromatic nitrogens is 2. The fourth-order valence-electron chi connectivity index (χ4n) is 2.04. The van der Waals surface area contributed by atoms with Crippen molar-refractivity contribution in [1.29, 1.82) is 0 Å². The van der Waals surface area contributed by atoms with Crippen LogP contribution in [-0.4, -0.2) is 40.2 Å². The lowest BCUT2D eigenvalue weighted by Crippen LogP contribution is -2.44. The molecule has 0 aliphatic rings. The van der Waals surface area contributed by atoms with Crippen molar-refractivity contribution in [3.63, 3.8) is 0 Å². The molecular formula is C16H17F3N4O4. The second kappa shape index (κ2) is 8.16. The molecule has 1 heterocycles. The molecule has 2 rings (SSSR count). The van der Waals surface area contributed by atoms with Crippen LogP contribution >= 0.6 is 0 Å². The standard InChI is InChI=1S/C16H17F3N4O4/c1-9(2)20-13(24)14(25)23(26-3)8-10-4-6-11(7-5-10)12-21-15(27-22-12)16(17,18)19/h4-7,9H,8H2,1-3H3,(H,20,24). The Morgan fingerprint density at radius 2 is 1.89 bits per heavy atom. The number of carbonyl (C=O) groups is 2. The fraction of sp³-hybridized carbons (Fsp3) is 0.375. The topological polar surface area (TPSA) is 97.6 Å². The fourth-order valence-corrected chi connectivity index (χ4v) is 2.04. The van der Waals surface area contributed by atoms with E-state index in [9.17, 15) is 22.8 Å². The van der Waals surface area contributed by atoms with E-state index >= 15 is 0 Å². The molecule has 0 radical (unpaired) electrons. The van der Waals surface area contributed by atoms with E-state index in [2.05, 4.69) is 20.0 Å². The molecule has 8 nitrogen and oxygen atoms in total. The van der Waals surface area contributed by atoms with Crippen molar-refractivity contribution in [3.05, 3.63) is 35.7 Å². The smallest absolute Gasteiger partial charge is 0.346 e. The number of carbonyl (C=O) groups excluding carboxylic acids is 2. The molecule has 146 valence electrons.